The Hall–Kier alpha value is -1.47. The average molecular weight is 258 g/mol. The summed E-state index contributed by atoms with van der Waals surface area (Å²) in [5.41, 5.74) is 3.84. The van der Waals surface area contributed by atoms with E-state index in [2.05, 4.69) is 44.0 Å². The highest BCUT2D eigenvalue weighted by Gasteiger charge is 2.18. The van der Waals surface area contributed by atoms with Gasteiger partial charge in [-0.15, -0.1) is 0 Å². The van der Waals surface area contributed by atoms with Gasteiger partial charge in [0.15, 0.2) is 0 Å². The molecular weight excluding hydrogens is 242 g/mol. The minimum absolute atomic E-state index is 0.129. The van der Waals surface area contributed by atoms with Gasteiger partial charge in [0, 0.05) is 21.3 Å². The Kier molecular flexibility index (Phi) is 2.43. The molecule has 0 fully saturated rings. The second-order valence-electron chi connectivity index (χ2n) is 5.79. The van der Waals surface area contributed by atoms with E-state index in [0.29, 0.717) is 0 Å². The van der Waals surface area contributed by atoms with Crippen LogP contribution in [0.1, 0.15) is 26.3 Å². The molecule has 0 amide bonds. The monoisotopic (exact) mass is 257 g/mol. The second-order valence-corrected chi connectivity index (χ2v) is 6.23. The summed E-state index contributed by atoms with van der Waals surface area (Å²) in [6.45, 7) is 6.71. The van der Waals surface area contributed by atoms with E-state index >= 15 is 0 Å². The van der Waals surface area contributed by atoms with Gasteiger partial charge in [-0.25, -0.2) is 0 Å². The summed E-state index contributed by atoms with van der Waals surface area (Å²) in [6, 6.07) is 12.5. The molecule has 1 aromatic heterocycles. The largest absolute Gasteiger partial charge is 0.354 e. The van der Waals surface area contributed by atoms with Crippen molar-refractivity contribution in [2.75, 3.05) is 0 Å². The van der Waals surface area contributed by atoms with Gasteiger partial charge >= 0.3 is 0 Å². The quantitative estimate of drug-likeness (QED) is 0.565. The fourth-order valence-corrected chi connectivity index (χ4v) is 2.69. The summed E-state index contributed by atoms with van der Waals surface area (Å²) in [4.78, 5) is 3.52. The topological polar surface area (TPSA) is 15.8 Å². The van der Waals surface area contributed by atoms with Crippen LogP contribution in [0.25, 0.3) is 21.8 Å². The maximum absolute atomic E-state index is 6.09. The second kappa shape index (κ2) is 3.76. The van der Waals surface area contributed by atoms with Crippen molar-refractivity contribution in [2.45, 2.75) is 26.2 Å². The molecule has 1 N–H and O–H groups in total. The van der Waals surface area contributed by atoms with Crippen LogP contribution in [0.15, 0.2) is 36.4 Å². The van der Waals surface area contributed by atoms with Crippen LogP contribution in [-0.4, -0.2) is 4.98 Å². The van der Waals surface area contributed by atoms with Gasteiger partial charge in [0.2, 0.25) is 0 Å². The minimum atomic E-state index is 0.129. The molecule has 0 saturated heterocycles. The van der Waals surface area contributed by atoms with Crippen molar-refractivity contribution in [1.82, 2.24) is 4.98 Å². The lowest BCUT2D eigenvalue weighted by molar-refractivity contribution is 0.595. The van der Waals surface area contributed by atoms with Crippen LogP contribution < -0.4 is 0 Å². The zero-order valence-corrected chi connectivity index (χ0v) is 11.6. The summed E-state index contributed by atoms with van der Waals surface area (Å²) < 4.78 is 0. The van der Waals surface area contributed by atoms with Crippen LogP contribution in [0.4, 0.5) is 0 Å². The molecule has 0 spiro atoms. The molecular formula is C16H16ClN. The van der Waals surface area contributed by atoms with Gasteiger partial charge in [-0.2, -0.15) is 0 Å². The Bertz CT molecular complexity index is 732. The van der Waals surface area contributed by atoms with Crippen molar-refractivity contribution in [3.05, 3.63) is 47.0 Å². The first kappa shape index (κ1) is 11.6. The fraction of sp³-hybridized carbons (Fsp3) is 0.250. The van der Waals surface area contributed by atoms with Gasteiger partial charge in [-0.05, 0) is 29.2 Å². The molecule has 0 bridgehead atoms. The number of para-hydroxylation sites is 1. The summed E-state index contributed by atoms with van der Waals surface area (Å²) in [6.07, 6.45) is 0. The summed E-state index contributed by atoms with van der Waals surface area (Å²) in [5.74, 6) is 0. The van der Waals surface area contributed by atoms with E-state index in [9.17, 15) is 0 Å². The lowest BCUT2D eigenvalue weighted by atomic mass is 9.86. The van der Waals surface area contributed by atoms with E-state index in [1.54, 1.807) is 0 Å². The molecule has 0 atom stereocenters. The Balaban J connectivity index is 2.47. The zero-order chi connectivity index (χ0) is 12.9. The molecule has 1 nitrogen and oxygen atoms in total. The molecule has 2 aromatic carbocycles. The van der Waals surface area contributed by atoms with Crippen molar-refractivity contribution in [3.8, 4) is 0 Å². The van der Waals surface area contributed by atoms with Crippen LogP contribution in [0, 0.1) is 0 Å². The number of hydrogen-bond donors (Lipinski definition) is 1. The van der Waals surface area contributed by atoms with E-state index in [0.717, 1.165) is 10.5 Å². The van der Waals surface area contributed by atoms with Crippen LogP contribution in [0.2, 0.25) is 5.02 Å². The number of hydrogen-bond acceptors (Lipinski definition) is 0. The highest BCUT2D eigenvalue weighted by molar-refractivity contribution is 6.31. The normalized spacial score (nSPS) is 12.4. The van der Waals surface area contributed by atoms with Gasteiger partial charge in [0.1, 0.15) is 0 Å². The molecule has 0 aliphatic carbocycles. The summed E-state index contributed by atoms with van der Waals surface area (Å²) >= 11 is 6.09. The first-order valence-electron chi connectivity index (χ1n) is 6.17. The predicted octanol–water partition coefficient (Wildman–Crippen LogP) is 5.27. The highest BCUT2D eigenvalue weighted by atomic mass is 35.5. The molecule has 1 heterocycles. The molecule has 18 heavy (non-hydrogen) atoms. The third-order valence-electron chi connectivity index (χ3n) is 3.40. The Morgan fingerprint density at radius 2 is 1.78 bits per heavy atom. The summed E-state index contributed by atoms with van der Waals surface area (Å²) in [7, 11) is 0. The van der Waals surface area contributed by atoms with Crippen molar-refractivity contribution in [3.63, 3.8) is 0 Å². The van der Waals surface area contributed by atoms with Crippen molar-refractivity contribution < 1.29 is 0 Å². The first-order chi connectivity index (χ1) is 8.47. The Morgan fingerprint density at radius 3 is 2.50 bits per heavy atom. The van der Waals surface area contributed by atoms with Crippen molar-refractivity contribution in [2.24, 2.45) is 0 Å². The lowest BCUT2D eigenvalue weighted by Crippen LogP contribution is -2.11. The van der Waals surface area contributed by atoms with E-state index in [-0.39, 0.29) is 5.41 Å². The number of aromatic nitrogens is 1. The molecule has 92 valence electrons. The van der Waals surface area contributed by atoms with Crippen molar-refractivity contribution >= 4 is 33.4 Å². The number of aromatic amines is 1. The Labute approximate surface area is 112 Å². The SMILES string of the molecule is CC(C)(C)c1cccc2c1[nH]c1ccc(Cl)cc12. The van der Waals surface area contributed by atoms with E-state index in [1.165, 1.54) is 21.9 Å². The predicted molar refractivity (Wildman–Crippen MR) is 79.5 cm³/mol. The molecule has 0 radical (unpaired) electrons. The fourth-order valence-electron chi connectivity index (χ4n) is 2.52. The van der Waals surface area contributed by atoms with Crippen molar-refractivity contribution in [1.29, 1.82) is 0 Å². The number of halogens is 1. The Morgan fingerprint density at radius 1 is 1.00 bits per heavy atom. The number of H-pyrrole nitrogens is 1. The van der Waals surface area contributed by atoms with Crippen LogP contribution in [-0.2, 0) is 5.41 Å². The molecule has 0 aliphatic rings. The number of fused-ring (bicyclic) bond motifs is 3. The lowest BCUT2D eigenvalue weighted by Gasteiger charge is -2.19. The number of benzene rings is 2. The first-order valence-corrected chi connectivity index (χ1v) is 6.55. The molecule has 0 aliphatic heterocycles. The molecule has 2 heteroatoms. The summed E-state index contributed by atoms with van der Waals surface area (Å²) in [5, 5.41) is 3.23. The number of rotatable bonds is 0. The van der Waals surface area contributed by atoms with Gasteiger partial charge < -0.3 is 4.98 Å². The van der Waals surface area contributed by atoms with Crippen LogP contribution in [0.5, 0.6) is 0 Å². The standard InChI is InChI=1S/C16H16ClN/c1-16(2,3)13-6-4-5-11-12-9-10(17)7-8-14(12)18-15(11)13/h4-9,18H,1-3H3. The van der Waals surface area contributed by atoms with E-state index in [1.807, 2.05) is 18.2 Å². The van der Waals surface area contributed by atoms with Crippen LogP contribution >= 0.6 is 11.6 Å². The maximum Gasteiger partial charge on any atom is 0.0502 e. The third kappa shape index (κ3) is 1.70. The number of nitrogens with one attached hydrogen (secondary N) is 1. The van der Waals surface area contributed by atoms with E-state index in [4.69, 9.17) is 11.6 Å². The van der Waals surface area contributed by atoms with E-state index < -0.39 is 0 Å². The molecule has 0 saturated carbocycles. The van der Waals surface area contributed by atoms with Gasteiger partial charge in [0.25, 0.3) is 0 Å². The molecule has 3 aromatic rings. The molecule has 3 rings (SSSR count). The zero-order valence-electron chi connectivity index (χ0n) is 10.8. The molecule has 0 unspecified atom stereocenters. The van der Waals surface area contributed by atoms with Gasteiger partial charge in [-0.3, -0.25) is 0 Å². The van der Waals surface area contributed by atoms with Crippen LogP contribution in [0.3, 0.4) is 0 Å². The minimum Gasteiger partial charge on any atom is -0.354 e. The highest BCUT2D eigenvalue weighted by Crippen LogP contribution is 2.34. The maximum atomic E-state index is 6.09. The van der Waals surface area contributed by atoms with Gasteiger partial charge in [-0.1, -0.05) is 50.6 Å². The van der Waals surface area contributed by atoms with Gasteiger partial charge in [0.05, 0.1) is 5.52 Å². The third-order valence-corrected chi connectivity index (χ3v) is 3.64. The smallest absolute Gasteiger partial charge is 0.0502 e. The average Bonchev–Trinajstić information content (AvgIpc) is 2.65.